The molecule has 1 saturated heterocycles. The summed E-state index contributed by atoms with van der Waals surface area (Å²) in [7, 11) is 0. The summed E-state index contributed by atoms with van der Waals surface area (Å²) < 4.78 is 0. The lowest BCUT2D eigenvalue weighted by atomic mass is 9.96. The van der Waals surface area contributed by atoms with Crippen LogP contribution in [0.5, 0.6) is 0 Å². The number of nitrogens with two attached hydrogens (primary N) is 2. The molecule has 2 atom stereocenters. The highest BCUT2D eigenvalue weighted by molar-refractivity contribution is 5.93. The first-order chi connectivity index (χ1) is 5.95. The maximum absolute atomic E-state index is 11.2. The fourth-order valence-corrected chi connectivity index (χ4v) is 1.57. The van der Waals surface area contributed by atoms with Crippen molar-refractivity contribution in [2.75, 3.05) is 6.54 Å². The molecule has 74 valence electrons. The van der Waals surface area contributed by atoms with Crippen molar-refractivity contribution in [3.63, 3.8) is 0 Å². The van der Waals surface area contributed by atoms with E-state index in [2.05, 4.69) is 0 Å². The van der Waals surface area contributed by atoms with Gasteiger partial charge in [-0.05, 0) is 5.92 Å². The first-order valence-electron chi connectivity index (χ1n) is 4.30. The van der Waals surface area contributed by atoms with Crippen LogP contribution in [0.2, 0.25) is 0 Å². The normalized spacial score (nSPS) is 24.5. The van der Waals surface area contributed by atoms with Crippen molar-refractivity contribution in [2.45, 2.75) is 25.9 Å². The molecule has 0 aromatic heterocycles. The van der Waals surface area contributed by atoms with Gasteiger partial charge in [0.2, 0.25) is 11.8 Å². The van der Waals surface area contributed by atoms with E-state index in [0.29, 0.717) is 6.54 Å². The van der Waals surface area contributed by atoms with Gasteiger partial charge in [0, 0.05) is 6.54 Å². The molecular formula is C8H15N3O2. The summed E-state index contributed by atoms with van der Waals surface area (Å²) in [6, 6.07) is -0.951. The zero-order valence-electron chi connectivity index (χ0n) is 7.86. The molecule has 1 fully saturated rings. The predicted octanol–water partition coefficient (Wildman–Crippen LogP) is -1.33. The van der Waals surface area contributed by atoms with Gasteiger partial charge < -0.3 is 16.4 Å². The number of carbonyl (C=O) groups excluding carboxylic acids is 2. The van der Waals surface area contributed by atoms with Crippen molar-refractivity contribution < 1.29 is 9.59 Å². The van der Waals surface area contributed by atoms with E-state index < -0.39 is 18.0 Å². The second kappa shape index (κ2) is 3.33. The molecule has 5 nitrogen and oxygen atoms in total. The maximum atomic E-state index is 11.2. The summed E-state index contributed by atoms with van der Waals surface area (Å²) in [5.74, 6) is -0.610. The summed E-state index contributed by atoms with van der Waals surface area (Å²) in [5, 5.41) is 0. The van der Waals surface area contributed by atoms with Crippen LogP contribution in [-0.2, 0) is 9.59 Å². The van der Waals surface area contributed by atoms with E-state index in [1.165, 1.54) is 4.90 Å². The molecule has 0 aromatic rings. The van der Waals surface area contributed by atoms with Crippen molar-refractivity contribution in [1.29, 1.82) is 0 Å². The van der Waals surface area contributed by atoms with Crippen LogP contribution in [0.15, 0.2) is 0 Å². The van der Waals surface area contributed by atoms with E-state index in [9.17, 15) is 9.59 Å². The highest BCUT2D eigenvalue weighted by atomic mass is 16.2. The molecule has 4 N–H and O–H groups in total. The fourth-order valence-electron chi connectivity index (χ4n) is 1.57. The van der Waals surface area contributed by atoms with Crippen LogP contribution in [0.1, 0.15) is 13.8 Å². The van der Waals surface area contributed by atoms with Crippen LogP contribution in [0.3, 0.4) is 0 Å². The first kappa shape index (κ1) is 9.98. The van der Waals surface area contributed by atoms with Crippen molar-refractivity contribution in [3.05, 3.63) is 0 Å². The molecule has 2 unspecified atom stereocenters. The molecule has 0 spiro atoms. The number of carbonyl (C=O) groups is 2. The molecule has 1 rings (SSSR count). The zero-order valence-corrected chi connectivity index (χ0v) is 7.86. The van der Waals surface area contributed by atoms with Gasteiger partial charge in [-0.15, -0.1) is 0 Å². The Balaban J connectivity index is 2.68. The third kappa shape index (κ3) is 1.65. The van der Waals surface area contributed by atoms with Gasteiger partial charge in [0.1, 0.15) is 12.1 Å². The quantitative estimate of drug-likeness (QED) is 0.533. The van der Waals surface area contributed by atoms with Gasteiger partial charge in [-0.2, -0.15) is 0 Å². The molecule has 0 aliphatic carbocycles. The van der Waals surface area contributed by atoms with Gasteiger partial charge in [0.15, 0.2) is 0 Å². The number of rotatable bonds is 3. The molecule has 13 heavy (non-hydrogen) atoms. The van der Waals surface area contributed by atoms with Crippen LogP contribution < -0.4 is 11.5 Å². The Kier molecular flexibility index (Phi) is 2.56. The minimum absolute atomic E-state index is 0.0361. The summed E-state index contributed by atoms with van der Waals surface area (Å²) in [6.07, 6.45) is 0. The van der Waals surface area contributed by atoms with E-state index >= 15 is 0 Å². The molecule has 1 aliphatic rings. The van der Waals surface area contributed by atoms with Crippen LogP contribution in [0.25, 0.3) is 0 Å². The summed E-state index contributed by atoms with van der Waals surface area (Å²) >= 11 is 0. The Hall–Kier alpha value is -1.10. The van der Waals surface area contributed by atoms with Crippen LogP contribution in [0, 0.1) is 5.92 Å². The number of primary amides is 1. The third-order valence-corrected chi connectivity index (χ3v) is 2.25. The van der Waals surface area contributed by atoms with Gasteiger partial charge in [-0.25, -0.2) is 0 Å². The Bertz CT molecular complexity index is 240. The lowest BCUT2D eigenvalue weighted by Crippen LogP contribution is -2.67. The number of β-lactam (4-membered cyclic amide) rings is 1. The van der Waals surface area contributed by atoms with E-state index in [-0.39, 0.29) is 11.8 Å². The van der Waals surface area contributed by atoms with E-state index in [0.717, 1.165) is 0 Å². The van der Waals surface area contributed by atoms with Gasteiger partial charge in [-0.3, -0.25) is 9.59 Å². The molecule has 0 saturated carbocycles. The van der Waals surface area contributed by atoms with Crippen molar-refractivity contribution in [2.24, 2.45) is 17.4 Å². The van der Waals surface area contributed by atoms with Gasteiger partial charge in [-0.1, -0.05) is 13.8 Å². The molecule has 0 aromatic carbocycles. The molecule has 0 bridgehead atoms. The number of nitrogens with zero attached hydrogens (tertiary/aromatic N) is 1. The summed E-state index contributed by atoms with van der Waals surface area (Å²) in [6.45, 7) is 4.14. The zero-order chi connectivity index (χ0) is 10.2. The maximum Gasteiger partial charge on any atom is 0.242 e. The molecule has 1 aliphatic heterocycles. The Morgan fingerprint density at radius 1 is 1.62 bits per heavy atom. The molecular weight excluding hydrogens is 170 g/mol. The van der Waals surface area contributed by atoms with Crippen LogP contribution in [-0.4, -0.2) is 35.3 Å². The van der Waals surface area contributed by atoms with Gasteiger partial charge in [0.05, 0.1) is 0 Å². The SMILES string of the molecule is CC(C)C(C(N)=O)N1CC(N)C1=O. The highest BCUT2D eigenvalue weighted by Crippen LogP contribution is 2.18. The number of amides is 2. The Labute approximate surface area is 77.1 Å². The second-order valence-electron chi connectivity index (χ2n) is 3.69. The summed E-state index contributed by atoms with van der Waals surface area (Å²) in [4.78, 5) is 23.7. The monoisotopic (exact) mass is 185 g/mol. The second-order valence-corrected chi connectivity index (χ2v) is 3.69. The summed E-state index contributed by atoms with van der Waals surface area (Å²) in [5.41, 5.74) is 10.6. The average Bonchev–Trinajstić information content (AvgIpc) is 2.02. The highest BCUT2D eigenvalue weighted by Gasteiger charge is 2.41. The fraction of sp³-hybridized carbons (Fsp3) is 0.750. The number of likely N-dealkylation sites (tertiary alicyclic amines) is 1. The topological polar surface area (TPSA) is 89.4 Å². The largest absolute Gasteiger partial charge is 0.368 e. The minimum Gasteiger partial charge on any atom is -0.368 e. The third-order valence-electron chi connectivity index (χ3n) is 2.25. The number of hydrogen-bond donors (Lipinski definition) is 2. The Morgan fingerprint density at radius 3 is 2.38 bits per heavy atom. The molecule has 2 amide bonds. The standard InChI is InChI=1S/C8H15N3O2/c1-4(2)6(7(10)12)11-3-5(9)8(11)13/h4-6H,3,9H2,1-2H3,(H2,10,12). The first-order valence-corrected chi connectivity index (χ1v) is 4.30. The van der Waals surface area contributed by atoms with Crippen molar-refractivity contribution in [3.8, 4) is 0 Å². The molecule has 0 radical (unpaired) electrons. The Morgan fingerprint density at radius 2 is 2.15 bits per heavy atom. The van der Waals surface area contributed by atoms with Crippen LogP contribution in [0.4, 0.5) is 0 Å². The predicted molar refractivity (Wildman–Crippen MR) is 47.5 cm³/mol. The van der Waals surface area contributed by atoms with E-state index in [1.54, 1.807) is 0 Å². The number of hydrogen-bond acceptors (Lipinski definition) is 3. The smallest absolute Gasteiger partial charge is 0.242 e. The van der Waals surface area contributed by atoms with Gasteiger partial charge in [0.25, 0.3) is 0 Å². The van der Waals surface area contributed by atoms with E-state index in [1.807, 2.05) is 13.8 Å². The minimum atomic E-state index is -0.507. The van der Waals surface area contributed by atoms with Crippen LogP contribution >= 0.6 is 0 Å². The molecule has 1 heterocycles. The lowest BCUT2D eigenvalue weighted by molar-refractivity contribution is -0.151. The van der Waals surface area contributed by atoms with E-state index in [4.69, 9.17) is 11.5 Å². The van der Waals surface area contributed by atoms with Crippen molar-refractivity contribution in [1.82, 2.24) is 4.90 Å². The average molecular weight is 185 g/mol. The van der Waals surface area contributed by atoms with Crippen molar-refractivity contribution >= 4 is 11.8 Å². The lowest BCUT2D eigenvalue weighted by Gasteiger charge is -2.42. The molecule has 5 heteroatoms. The van der Waals surface area contributed by atoms with Gasteiger partial charge >= 0.3 is 0 Å².